The molecule has 0 spiro atoms. The Balaban J connectivity index is 1.99. The zero-order chi connectivity index (χ0) is 14.5. The summed E-state index contributed by atoms with van der Waals surface area (Å²) in [5, 5.41) is 2.98. The van der Waals surface area contributed by atoms with E-state index >= 15 is 0 Å². The van der Waals surface area contributed by atoms with Crippen LogP contribution < -0.4 is 5.32 Å². The number of anilines is 1. The van der Waals surface area contributed by atoms with Gasteiger partial charge in [-0.3, -0.25) is 9.59 Å². The molecule has 4 nitrogen and oxygen atoms in total. The number of para-hydroxylation sites is 1. The number of carbonyl (C=O) groups excluding carboxylic acids is 2. The first-order valence-corrected chi connectivity index (χ1v) is 7.26. The highest BCUT2D eigenvalue weighted by Crippen LogP contribution is 2.20. The summed E-state index contributed by atoms with van der Waals surface area (Å²) in [6.45, 7) is 5.16. The normalized spacial score (nSPS) is 18.7. The van der Waals surface area contributed by atoms with E-state index in [9.17, 15) is 9.59 Å². The molecule has 1 aliphatic rings. The molecule has 1 fully saturated rings. The minimum atomic E-state index is -0.0983. The SMILES string of the molecule is CCC(=O)N1CCCC(C(=O)Nc2ccccc2C)C1. The highest BCUT2D eigenvalue weighted by Gasteiger charge is 2.27. The Kier molecular flexibility index (Phi) is 4.77. The number of aryl methyl sites for hydroxylation is 1. The third-order valence-corrected chi connectivity index (χ3v) is 3.85. The largest absolute Gasteiger partial charge is 0.342 e. The summed E-state index contributed by atoms with van der Waals surface area (Å²) in [5.41, 5.74) is 1.91. The van der Waals surface area contributed by atoms with Crippen LogP contribution >= 0.6 is 0 Å². The van der Waals surface area contributed by atoms with Crippen LogP contribution in [0.2, 0.25) is 0 Å². The number of benzene rings is 1. The van der Waals surface area contributed by atoms with Crippen LogP contribution in [0.4, 0.5) is 5.69 Å². The van der Waals surface area contributed by atoms with Gasteiger partial charge in [0.05, 0.1) is 5.92 Å². The van der Waals surface area contributed by atoms with Crippen LogP contribution in [0, 0.1) is 12.8 Å². The molecule has 1 N–H and O–H groups in total. The van der Waals surface area contributed by atoms with E-state index in [0.717, 1.165) is 30.6 Å². The third-order valence-electron chi connectivity index (χ3n) is 3.85. The smallest absolute Gasteiger partial charge is 0.229 e. The molecule has 0 bridgehead atoms. The number of piperidine rings is 1. The number of hydrogen-bond donors (Lipinski definition) is 1. The van der Waals surface area contributed by atoms with Crippen LogP contribution in [0.3, 0.4) is 0 Å². The number of nitrogens with one attached hydrogen (secondary N) is 1. The van der Waals surface area contributed by atoms with Crippen molar-refractivity contribution in [2.24, 2.45) is 5.92 Å². The van der Waals surface area contributed by atoms with Crippen LogP contribution in [0.5, 0.6) is 0 Å². The van der Waals surface area contributed by atoms with Gasteiger partial charge in [0.25, 0.3) is 0 Å². The van der Waals surface area contributed by atoms with Gasteiger partial charge in [-0.1, -0.05) is 25.1 Å². The van der Waals surface area contributed by atoms with Crippen LogP contribution in [0.25, 0.3) is 0 Å². The number of likely N-dealkylation sites (tertiary alicyclic amines) is 1. The van der Waals surface area contributed by atoms with Crippen LogP contribution in [0.1, 0.15) is 31.7 Å². The standard InChI is InChI=1S/C16H22N2O2/c1-3-15(19)18-10-6-8-13(11-18)16(20)17-14-9-5-4-7-12(14)2/h4-5,7,9,13H,3,6,8,10-11H2,1-2H3,(H,17,20). The molecule has 1 saturated heterocycles. The number of rotatable bonds is 3. The lowest BCUT2D eigenvalue weighted by Gasteiger charge is -2.32. The highest BCUT2D eigenvalue weighted by molar-refractivity contribution is 5.93. The lowest BCUT2D eigenvalue weighted by molar-refractivity contribution is -0.134. The van der Waals surface area contributed by atoms with Gasteiger partial charge in [-0.05, 0) is 31.4 Å². The Morgan fingerprint density at radius 3 is 2.80 bits per heavy atom. The van der Waals surface area contributed by atoms with E-state index in [2.05, 4.69) is 5.32 Å². The second kappa shape index (κ2) is 6.55. The molecule has 0 aliphatic carbocycles. The van der Waals surface area contributed by atoms with E-state index in [1.54, 1.807) is 0 Å². The molecule has 4 heteroatoms. The van der Waals surface area contributed by atoms with Gasteiger partial charge >= 0.3 is 0 Å². The van der Waals surface area contributed by atoms with Crippen molar-refractivity contribution >= 4 is 17.5 Å². The molecular weight excluding hydrogens is 252 g/mol. The predicted octanol–water partition coefficient (Wildman–Crippen LogP) is 2.58. The number of amides is 2. The summed E-state index contributed by atoms with van der Waals surface area (Å²) in [6, 6.07) is 7.75. The fourth-order valence-electron chi connectivity index (χ4n) is 2.59. The van der Waals surface area contributed by atoms with Crippen molar-refractivity contribution in [2.75, 3.05) is 18.4 Å². The van der Waals surface area contributed by atoms with Crippen LogP contribution in [0.15, 0.2) is 24.3 Å². The minimum Gasteiger partial charge on any atom is -0.342 e. The molecule has 0 saturated carbocycles. The second-order valence-corrected chi connectivity index (χ2v) is 5.34. The summed E-state index contributed by atoms with van der Waals surface area (Å²) in [7, 11) is 0. The maximum Gasteiger partial charge on any atom is 0.229 e. The molecule has 1 aromatic carbocycles. The monoisotopic (exact) mass is 274 g/mol. The van der Waals surface area contributed by atoms with Crippen molar-refractivity contribution in [3.63, 3.8) is 0 Å². The maximum absolute atomic E-state index is 12.3. The summed E-state index contributed by atoms with van der Waals surface area (Å²) < 4.78 is 0. The Morgan fingerprint density at radius 1 is 1.35 bits per heavy atom. The Hall–Kier alpha value is -1.84. The zero-order valence-electron chi connectivity index (χ0n) is 12.2. The van der Waals surface area contributed by atoms with E-state index in [1.807, 2.05) is 43.0 Å². The summed E-state index contributed by atoms with van der Waals surface area (Å²) in [6.07, 6.45) is 2.26. The van der Waals surface area contributed by atoms with Gasteiger partial charge < -0.3 is 10.2 Å². The predicted molar refractivity (Wildman–Crippen MR) is 79.4 cm³/mol. The third kappa shape index (κ3) is 3.38. The van der Waals surface area contributed by atoms with Gasteiger partial charge in [-0.15, -0.1) is 0 Å². The first-order chi connectivity index (χ1) is 9.61. The average Bonchev–Trinajstić information content (AvgIpc) is 2.49. The topological polar surface area (TPSA) is 49.4 Å². The lowest BCUT2D eigenvalue weighted by atomic mass is 9.96. The molecule has 20 heavy (non-hydrogen) atoms. The van der Waals surface area contributed by atoms with E-state index in [1.165, 1.54) is 0 Å². The van der Waals surface area contributed by atoms with Crippen molar-refractivity contribution < 1.29 is 9.59 Å². The van der Waals surface area contributed by atoms with E-state index in [0.29, 0.717) is 13.0 Å². The first-order valence-electron chi connectivity index (χ1n) is 7.26. The van der Waals surface area contributed by atoms with Crippen LogP contribution in [-0.2, 0) is 9.59 Å². The fraction of sp³-hybridized carbons (Fsp3) is 0.500. The van der Waals surface area contributed by atoms with Gasteiger partial charge in [0.15, 0.2) is 0 Å². The zero-order valence-corrected chi connectivity index (χ0v) is 12.2. The Bertz CT molecular complexity index is 499. The quantitative estimate of drug-likeness (QED) is 0.921. The van der Waals surface area contributed by atoms with Crippen molar-refractivity contribution in [3.8, 4) is 0 Å². The molecule has 2 rings (SSSR count). The van der Waals surface area contributed by atoms with Gasteiger partial charge in [-0.2, -0.15) is 0 Å². The second-order valence-electron chi connectivity index (χ2n) is 5.34. The number of hydrogen-bond acceptors (Lipinski definition) is 2. The summed E-state index contributed by atoms with van der Waals surface area (Å²) in [5.74, 6) is 0.0603. The molecule has 1 unspecified atom stereocenters. The molecule has 1 heterocycles. The molecule has 1 atom stereocenters. The molecule has 1 aromatic rings. The molecule has 2 amide bonds. The highest BCUT2D eigenvalue weighted by atomic mass is 16.2. The van der Waals surface area contributed by atoms with Crippen molar-refractivity contribution in [1.29, 1.82) is 0 Å². The number of carbonyl (C=O) groups is 2. The van der Waals surface area contributed by atoms with Crippen molar-refractivity contribution in [1.82, 2.24) is 4.90 Å². The van der Waals surface area contributed by atoms with Gasteiger partial charge in [0.1, 0.15) is 0 Å². The molecule has 1 aliphatic heterocycles. The molecule has 108 valence electrons. The Labute approximate surface area is 120 Å². The maximum atomic E-state index is 12.3. The van der Waals surface area contributed by atoms with E-state index in [-0.39, 0.29) is 17.7 Å². The van der Waals surface area contributed by atoms with Gasteiger partial charge in [0.2, 0.25) is 11.8 Å². The van der Waals surface area contributed by atoms with Gasteiger partial charge in [-0.25, -0.2) is 0 Å². The Morgan fingerprint density at radius 2 is 2.10 bits per heavy atom. The summed E-state index contributed by atoms with van der Waals surface area (Å²) >= 11 is 0. The van der Waals surface area contributed by atoms with E-state index < -0.39 is 0 Å². The molecule has 0 radical (unpaired) electrons. The molecular formula is C16H22N2O2. The minimum absolute atomic E-state index is 0.0212. The van der Waals surface area contributed by atoms with Crippen molar-refractivity contribution in [2.45, 2.75) is 33.1 Å². The van der Waals surface area contributed by atoms with Crippen molar-refractivity contribution in [3.05, 3.63) is 29.8 Å². The van der Waals surface area contributed by atoms with Gasteiger partial charge in [0, 0.05) is 25.2 Å². The van der Waals surface area contributed by atoms with E-state index in [4.69, 9.17) is 0 Å². The fourth-order valence-corrected chi connectivity index (χ4v) is 2.59. The first kappa shape index (κ1) is 14.6. The van der Waals surface area contributed by atoms with Crippen LogP contribution in [-0.4, -0.2) is 29.8 Å². The summed E-state index contributed by atoms with van der Waals surface area (Å²) in [4.78, 5) is 25.9. The average molecular weight is 274 g/mol. The number of nitrogens with zero attached hydrogens (tertiary/aromatic N) is 1. The lowest BCUT2D eigenvalue weighted by Crippen LogP contribution is -2.43. The molecule has 0 aromatic heterocycles.